The number of piperidine rings is 2. The highest BCUT2D eigenvalue weighted by atomic mass is 19.3. The van der Waals surface area contributed by atoms with Gasteiger partial charge in [-0.2, -0.15) is 10.2 Å². The number of nitrogens with one attached hydrogen (secondary N) is 3. The van der Waals surface area contributed by atoms with E-state index < -0.39 is 47.7 Å². The fraction of sp³-hybridized carbons (Fsp3) is 0.535. The topological polar surface area (TPSA) is 207 Å². The Morgan fingerprint density at radius 3 is 2.50 bits per heavy atom. The molecule has 4 fully saturated rings. The highest BCUT2D eigenvalue weighted by molar-refractivity contribution is 6.25. The molecule has 5 amide bonds. The number of rotatable bonds is 19. The van der Waals surface area contributed by atoms with E-state index in [4.69, 9.17) is 19.2 Å². The molecule has 4 aromatic rings. The predicted molar refractivity (Wildman–Crippen MR) is 225 cm³/mol. The van der Waals surface area contributed by atoms with Crippen LogP contribution in [0.25, 0.3) is 5.65 Å². The van der Waals surface area contributed by atoms with Gasteiger partial charge in [-0.05, 0) is 63.1 Å². The van der Waals surface area contributed by atoms with Crippen LogP contribution in [0.2, 0.25) is 0 Å². The molecule has 5 aliphatic rings. The van der Waals surface area contributed by atoms with E-state index in [1.165, 1.54) is 16.9 Å². The molecule has 0 radical (unpaired) electrons. The number of likely N-dealkylation sites (tertiary alicyclic amines) is 1. The number of benzene rings is 1. The van der Waals surface area contributed by atoms with Crippen molar-refractivity contribution in [1.82, 2.24) is 39.5 Å². The summed E-state index contributed by atoms with van der Waals surface area (Å²) in [6.07, 6.45) is 6.73. The molecule has 8 heterocycles. The first kappa shape index (κ1) is 43.4. The molecule has 21 heteroatoms. The van der Waals surface area contributed by atoms with E-state index in [0.717, 1.165) is 69.0 Å². The highest BCUT2D eigenvalue weighted by Crippen LogP contribution is 2.35. The maximum atomic E-state index is 14.2. The number of aromatic nitrogens is 5. The van der Waals surface area contributed by atoms with E-state index >= 15 is 0 Å². The van der Waals surface area contributed by atoms with E-state index in [1.54, 1.807) is 29.1 Å². The first-order valence-corrected chi connectivity index (χ1v) is 22.0. The number of anilines is 3. The van der Waals surface area contributed by atoms with Crippen molar-refractivity contribution in [3.05, 3.63) is 65.2 Å². The van der Waals surface area contributed by atoms with Crippen LogP contribution >= 0.6 is 0 Å². The van der Waals surface area contributed by atoms with Gasteiger partial charge >= 0.3 is 0 Å². The lowest BCUT2D eigenvalue weighted by Crippen LogP contribution is -2.54. The molecule has 3 aromatic heterocycles. The Balaban J connectivity index is 0.646. The third kappa shape index (κ3) is 9.06. The molecule has 1 aromatic carbocycles. The van der Waals surface area contributed by atoms with Crippen LogP contribution in [0.5, 0.6) is 0 Å². The quantitative estimate of drug-likeness (QED) is 0.0912. The molecule has 0 saturated carbocycles. The van der Waals surface area contributed by atoms with Gasteiger partial charge in [-0.3, -0.25) is 38.9 Å². The number of hydrogen-bond donors (Lipinski definition) is 3. The number of imide groups is 2. The zero-order chi connectivity index (χ0) is 44.3. The standard InChI is InChI=1S/C43H51F2N11O8/c44-38(45)37-32(48-40(58)30-22-47-54-16-11-34(49-39(30)54)53-23-28-21-27(53)25-64-28)24-55(51-37)26-9-14-52(15-10-26)13-3-18-63-20-4-19-62-17-2-12-46-31-6-1-5-29-36(31)43(61)56(42(29)60)33-7-8-35(57)50-41(33)59/h1,5-6,11,16,22,24,26-28,33,38,46H,2-4,7-10,12-15,17-21,23,25H2,(H,48,58)(H,50,57,59)/t27-,28-,33?/m1/s1. The van der Waals surface area contributed by atoms with Crippen molar-refractivity contribution in [2.75, 3.05) is 81.3 Å². The smallest absolute Gasteiger partial charge is 0.284 e. The Morgan fingerprint density at radius 1 is 0.953 bits per heavy atom. The zero-order valence-corrected chi connectivity index (χ0v) is 35.3. The van der Waals surface area contributed by atoms with Crippen LogP contribution in [0.3, 0.4) is 0 Å². The van der Waals surface area contributed by atoms with Crippen molar-refractivity contribution >= 4 is 52.4 Å². The average molecular weight is 888 g/mol. The fourth-order valence-corrected chi connectivity index (χ4v) is 9.22. The summed E-state index contributed by atoms with van der Waals surface area (Å²) in [6, 6.07) is 5.96. The maximum absolute atomic E-state index is 14.2. The second-order valence-electron chi connectivity index (χ2n) is 16.7. The number of ether oxygens (including phenoxy) is 3. The molecule has 2 bridgehead atoms. The number of hydrogen-bond acceptors (Lipinski definition) is 14. The SMILES string of the molecule is O=C1CCC(N2C(=O)c3cccc(NCCCOCCCOCCCN4CCC(n5cc(NC(=O)c6cnn7ccc(N8C[C@H]9C[C@@H]8CO9)nc67)c(C(F)F)n5)CC4)c3C2=O)C(=O)N1. The average Bonchev–Trinajstić information content (AvgIpc) is 4.14. The van der Waals surface area contributed by atoms with Gasteiger partial charge in [-0.25, -0.2) is 18.3 Å². The summed E-state index contributed by atoms with van der Waals surface area (Å²) in [5.41, 5.74) is 0.986. The molecule has 5 aliphatic heterocycles. The van der Waals surface area contributed by atoms with Crippen LogP contribution in [0, 0.1) is 0 Å². The molecule has 0 aliphatic carbocycles. The largest absolute Gasteiger partial charge is 0.384 e. The summed E-state index contributed by atoms with van der Waals surface area (Å²) in [7, 11) is 0. The maximum Gasteiger partial charge on any atom is 0.284 e. The first-order valence-electron chi connectivity index (χ1n) is 22.0. The Kier molecular flexibility index (Phi) is 12.9. The molecular weight excluding hydrogens is 837 g/mol. The summed E-state index contributed by atoms with van der Waals surface area (Å²) in [5.74, 6) is -2.02. The lowest BCUT2D eigenvalue weighted by molar-refractivity contribution is -0.136. The van der Waals surface area contributed by atoms with E-state index in [1.807, 2.05) is 6.07 Å². The van der Waals surface area contributed by atoms with Crippen molar-refractivity contribution < 1.29 is 47.0 Å². The molecule has 64 heavy (non-hydrogen) atoms. The van der Waals surface area contributed by atoms with E-state index in [9.17, 15) is 32.8 Å². The second-order valence-corrected chi connectivity index (χ2v) is 16.7. The lowest BCUT2D eigenvalue weighted by atomic mass is 10.0. The van der Waals surface area contributed by atoms with Gasteiger partial charge in [-0.1, -0.05) is 6.07 Å². The number of alkyl halides is 2. The van der Waals surface area contributed by atoms with E-state index in [0.29, 0.717) is 57.3 Å². The lowest BCUT2D eigenvalue weighted by Gasteiger charge is -2.32. The van der Waals surface area contributed by atoms with Crippen molar-refractivity contribution in [1.29, 1.82) is 0 Å². The highest BCUT2D eigenvalue weighted by Gasteiger charge is 2.46. The minimum Gasteiger partial charge on any atom is -0.384 e. The summed E-state index contributed by atoms with van der Waals surface area (Å²) in [6.45, 7) is 6.46. The second kappa shape index (κ2) is 19.1. The number of amides is 5. The molecule has 3 atom stereocenters. The third-order valence-electron chi connectivity index (χ3n) is 12.5. The third-order valence-corrected chi connectivity index (χ3v) is 12.5. The first-order chi connectivity index (χ1) is 31.1. The molecule has 0 spiro atoms. The fourth-order valence-electron chi connectivity index (χ4n) is 9.22. The number of carbonyl (C=O) groups is 5. The molecule has 9 rings (SSSR count). The van der Waals surface area contributed by atoms with Gasteiger partial charge in [0.15, 0.2) is 11.3 Å². The number of nitrogens with zero attached hydrogens (tertiary/aromatic N) is 8. The number of halogens is 2. The van der Waals surface area contributed by atoms with Crippen molar-refractivity contribution in [3.63, 3.8) is 0 Å². The van der Waals surface area contributed by atoms with Gasteiger partial charge in [0.1, 0.15) is 17.4 Å². The van der Waals surface area contributed by atoms with Crippen LogP contribution in [0.1, 0.15) is 101 Å². The van der Waals surface area contributed by atoms with Gasteiger partial charge in [0, 0.05) is 83.7 Å². The van der Waals surface area contributed by atoms with Crippen LogP contribution in [-0.4, -0.2) is 148 Å². The van der Waals surface area contributed by atoms with Gasteiger partial charge in [0.05, 0.1) is 47.8 Å². The zero-order valence-electron chi connectivity index (χ0n) is 35.3. The van der Waals surface area contributed by atoms with Crippen LogP contribution in [0.15, 0.2) is 42.9 Å². The summed E-state index contributed by atoms with van der Waals surface area (Å²) >= 11 is 0. The van der Waals surface area contributed by atoms with Gasteiger partial charge in [0.2, 0.25) is 11.8 Å². The molecule has 19 nitrogen and oxygen atoms in total. The number of morpholine rings is 1. The van der Waals surface area contributed by atoms with Crippen molar-refractivity contribution in [2.24, 2.45) is 0 Å². The van der Waals surface area contributed by atoms with Gasteiger partial charge < -0.3 is 34.6 Å². The Bertz CT molecular complexity index is 2400. The minimum atomic E-state index is -2.87. The van der Waals surface area contributed by atoms with Crippen molar-refractivity contribution in [3.8, 4) is 0 Å². The Hall–Kier alpha value is -5.90. The molecule has 3 N–H and O–H groups in total. The normalized spacial score (nSPS) is 21.5. The monoisotopic (exact) mass is 887 g/mol. The van der Waals surface area contributed by atoms with Crippen LogP contribution in [-0.2, 0) is 23.8 Å². The Labute approximate surface area is 366 Å². The van der Waals surface area contributed by atoms with Gasteiger partial charge in [-0.15, -0.1) is 0 Å². The minimum absolute atomic E-state index is 0.0291. The molecule has 1 unspecified atom stereocenters. The predicted octanol–water partition coefficient (Wildman–Crippen LogP) is 3.45. The van der Waals surface area contributed by atoms with Gasteiger partial charge in [0.25, 0.3) is 24.1 Å². The summed E-state index contributed by atoms with van der Waals surface area (Å²) in [5, 5.41) is 16.6. The molecular formula is C43H51F2N11O8. The number of carbonyl (C=O) groups excluding carboxylic acids is 5. The van der Waals surface area contributed by atoms with Crippen LogP contribution in [0.4, 0.5) is 26.0 Å². The molecule has 4 saturated heterocycles. The Morgan fingerprint density at radius 2 is 1.75 bits per heavy atom. The molecule has 340 valence electrons. The van der Waals surface area contributed by atoms with E-state index in [2.05, 4.69) is 35.9 Å². The van der Waals surface area contributed by atoms with Crippen LogP contribution < -0.4 is 20.9 Å². The summed E-state index contributed by atoms with van der Waals surface area (Å²) < 4.78 is 48.7. The summed E-state index contributed by atoms with van der Waals surface area (Å²) in [4.78, 5) is 73.9. The van der Waals surface area contributed by atoms with Crippen molar-refractivity contribution in [2.45, 2.75) is 82.0 Å². The van der Waals surface area contributed by atoms with E-state index in [-0.39, 0.29) is 53.4 Å². The number of fused-ring (bicyclic) bond motifs is 4.